The van der Waals surface area contributed by atoms with Gasteiger partial charge in [-0.15, -0.1) is 0 Å². The number of hydrogen-bond acceptors (Lipinski definition) is 4. The van der Waals surface area contributed by atoms with Crippen molar-refractivity contribution < 1.29 is 14.3 Å². The monoisotopic (exact) mass is 221 g/mol. The van der Waals surface area contributed by atoms with Gasteiger partial charge in [-0.25, -0.2) is 9.90 Å². The molecule has 1 aliphatic heterocycles. The van der Waals surface area contributed by atoms with Crippen LogP contribution in [0.1, 0.15) is 0 Å². The summed E-state index contributed by atoms with van der Waals surface area (Å²) in [6, 6.07) is 9.81. The molecule has 0 amide bonds. The van der Waals surface area contributed by atoms with Crippen LogP contribution in [0.3, 0.4) is 0 Å². The molecule has 0 saturated carbocycles. The van der Waals surface area contributed by atoms with Gasteiger partial charge in [-0.1, -0.05) is 24.3 Å². The zero-order chi connectivity index (χ0) is 11.4. The van der Waals surface area contributed by atoms with Crippen molar-refractivity contribution in [1.29, 1.82) is 0 Å². The maximum absolute atomic E-state index is 5.66. The van der Waals surface area contributed by atoms with Crippen molar-refractivity contribution >= 4 is 5.69 Å². The van der Waals surface area contributed by atoms with E-state index in [0.717, 1.165) is 5.69 Å². The number of benzene rings is 1. The zero-order valence-electron chi connectivity index (χ0n) is 9.42. The molecule has 1 aromatic rings. The van der Waals surface area contributed by atoms with E-state index in [1.807, 2.05) is 36.4 Å². The molecule has 16 heavy (non-hydrogen) atoms. The molecule has 4 heteroatoms. The normalized spacial score (nSPS) is 18.8. The van der Waals surface area contributed by atoms with Gasteiger partial charge < -0.3 is 9.47 Å². The van der Waals surface area contributed by atoms with Crippen LogP contribution >= 0.6 is 0 Å². The van der Waals surface area contributed by atoms with Crippen LogP contribution in [0, 0.1) is 0 Å². The van der Waals surface area contributed by atoms with E-state index >= 15 is 0 Å². The molecule has 0 spiro atoms. The molecule has 2 rings (SSSR count). The lowest BCUT2D eigenvalue weighted by molar-refractivity contribution is -0.337. The fraction of sp³-hybridized carbons (Fsp3) is 0.333. The van der Waals surface area contributed by atoms with Crippen LogP contribution in [0.4, 0.5) is 5.69 Å². The predicted molar refractivity (Wildman–Crippen MR) is 60.8 cm³/mol. The first kappa shape index (κ1) is 11.1. The molecule has 0 unspecified atom stereocenters. The average molecular weight is 221 g/mol. The number of hydroxylamine groups is 1. The van der Waals surface area contributed by atoms with Gasteiger partial charge in [0.25, 0.3) is 0 Å². The molecule has 1 aromatic carbocycles. The third-order valence-corrected chi connectivity index (χ3v) is 2.44. The summed E-state index contributed by atoms with van der Waals surface area (Å²) in [6.45, 7) is 0.665. The summed E-state index contributed by atoms with van der Waals surface area (Å²) >= 11 is 0. The minimum Gasteiger partial charge on any atom is -0.326 e. The molecule has 1 aliphatic rings. The molecular weight excluding hydrogens is 206 g/mol. The molecule has 0 radical (unpaired) electrons. The van der Waals surface area contributed by atoms with Gasteiger partial charge in [-0.05, 0) is 12.1 Å². The Morgan fingerprint density at radius 3 is 2.50 bits per heavy atom. The Morgan fingerprint density at radius 2 is 1.88 bits per heavy atom. The van der Waals surface area contributed by atoms with Crippen LogP contribution < -0.4 is 5.06 Å². The van der Waals surface area contributed by atoms with Crippen molar-refractivity contribution in [2.45, 2.75) is 5.97 Å². The SMILES string of the molecule is COC1(OC)C=CCN(c2ccccc2)O1. The van der Waals surface area contributed by atoms with E-state index in [2.05, 4.69) is 0 Å². The van der Waals surface area contributed by atoms with E-state index in [1.54, 1.807) is 25.4 Å². The zero-order valence-corrected chi connectivity index (χ0v) is 9.42. The van der Waals surface area contributed by atoms with Gasteiger partial charge in [0.1, 0.15) is 0 Å². The number of nitrogens with zero attached hydrogens (tertiary/aromatic N) is 1. The largest absolute Gasteiger partial charge is 0.326 e. The summed E-state index contributed by atoms with van der Waals surface area (Å²) in [5.41, 5.74) is 0.963. The quantitative estimate of drug-likeness (QED) is 0.576. The molecule has 0 aliphatic carbocycles. The van der Waals surface area contributed by atoms with Crippen molar-refractivity contribution in [3.8, 4) is 0 Å². The highest BCUT2D eigenvalue weighted by molar-refractivity contribution is 5.44. The van der Waals surface area contributed by atoms with Crippen molar-refractivity contribution in [2.24, 2.45) is 0 Å². The predicted octanol–water partition coefficient (Wildman–Crippen LogP) is 1.94. The van der Waals surface area contributed by atoms with Gasteiger partial charge in [-0.2, -0.15) is 0 Å². The first-order valence-corrected chi connectivity index (χ1v) is 5.09. The van der Waals surface area contributed by atoms with Crippen molar-refractivity contribution in [1.82, 2.24) is 0 Å². The molecule has 0 aromatic heterocycles. The Labute approximate surface area is 95.0 Å². The number of anilines is 1. The smallest absolute Gasteiger partial charge is 0.325 e. The second-order valence-electron chi connectivity index (χ2n) is 3.40. The first-order valence-electron chi connectivity index (χ1n) is 5.09. The van der Waals surface area contributed by atoms with Crippen LogP contribution in [0.2, 0.25) is 0 Å². The highest BCUT2D eigenvalue weighted by Crippen LogP contribution is 2.25. The summed E-state index contributed by atoms with van der Waals surface area (Å²) in [7, 11) is 3.09. The second-order valence-corrected chi connectivity index (χ2v) is 3.40. The van der Waals surface area contributed by atoms with E-state index in [-0.39, 0.29) is 0 Å². The maximum atomic E-state index is 5.66. The summed E-state index contributed by atoms with van der Waals surface area (Å²) in [5.74, 6) is -1.12. The topological polar surface area (TPSA) is 30.9 Å². The Kier molecular flexibility index (Phi) is 3.24. The van der Waals surface area contributed by atoms with Crippen LogP contribution in [-0.4, -0.2) is 26.7 Å². The number of para-hydroxylation sites is 1. The molecule has 0 fully saturated rings. The lowest BCUT2D eigenvalue weighted by Crippen LogP contribution is -2.45. The number of rotatable bonds is 3. The van der Waals surface area contributed by atoms with Crippen molar-refractivity contribution in [2.75, 3.05) is 25.8 Å². The summed E-state index contributed by atoms with van der Waals surface area (Å²) < 4.78 is 10.4. The first-order chi connectivity index (χ1) is 7.79. The number of hydrogen-bond donors (Lipinski definition) is 0. The molecule has 0 atom stereocenters. The van der Waals surface area contributed by atoms with Gasteiger partial charge in [0.05, 0.1) is 12.2 Å². The van der Waals surface area contributed by atoms with E-state index in [4.69, 9.17) is 14.3 Å². The third-order valence-electron chi connectivity index (χ3n) is 2.44. The molecule has 86 valence electrons. The van der Waals surface area contributed by atoms with E-state index in [0.29, 0.717) is 6.54 Å². The fourth-order valence-electron chi connectivity index (χ4n) is 1.56. The lowest BCUT2D eigenvalue weighted by Gasteiger charge is -2.36. The molecular formula is C12H15NO3. The minimum absolute atomic E-state index is 0.665. The standard InChI is InChI=1S/C12H15NO3/c1-14-12(15-2)9-6-10-13(16-12)11-7-4-3-5-8-11/h3-9H,10H2,1-2H3. The van der Waals surface area contributed by atoms with Crippen LogP contribution in [-0.2, 0) is 14.3 Å². The molecule has 0 saturated heterocycles. The molecule has 4 nitrogen and oxygen atoms in total. The van der Waals surface area contributed by atoms with Gasteiger partial charge >= 0.3 is 5.97 Å². The highest BCUT2D eigenvalue weighted by Gasteiger charge is 2.34. The number of ether oxygens (including phenoxy) is 2. The van der Waals surface area contributed by atoms with E-state index < -0.39 is 5.97 Å². The van der Waals surface area contributed by atoms with Crippen LogP contribution in [0.15, 0.2) is 42.5 Å². The van der Waals surface area contributed by atoms with Crippen LogP contribution in [0.5, 0.6) is 0 Å². The summed E-state index contributed by atoms with van der Waals surface area (Å²) in [6.07, 6.45) is 3.70. The summed E-state index contributed by atoms with van der Waals surface area (Å²) in [4.78, 5) is 5.66. The number of methoxy groups -OCH3 is 2. The molecule has 1 heterocycles. The maximum Gasteiger partial charge on any atom is 0.325 e. The van der Waals surface area contributed by atoms with Gasteiger partial charge in [0.15, 0.2) is 0 Å². The summed E-state index contributed by atoms with van der Waals surface area (Å²) in [5, 5.41) is 1.73. The third kappa shape index (κ3) is 2.09. The lowest BCUT2D eigenvalue weighted by atomic mass is 10.3. The highest BCUT2D eigenvalue weighted by atomic mass is 16.9. The Bertz CT molecular complexity index is 360. The Morgan fingerprint density at radius 1 is 1.19 bits per heavy atom. The minimum atomic E-state index is -1.12. The van der Waals surface area contributed by atoms with Crippen molar-refractivity contribution in [3.63, 3.8) is 0 Å². The molecule has 0 N–H and O–H groups in total. The average Bonchev–Trinajstić information content (AvgIpc) is 2.40. The van der Waals surface area contributed by atoms with Gasteiger partial charge in [0, 0.05) is 20.3 Å². The van der Waals surface area contributed by atoms with Gasteiger partial charge in [-0.3, -0.25) is 0 Å². The van der Waals surface area contributed by atoms with E-state index in [1.165, 1.54) is 0 Å². The van der Waals surface area contributed by atoms with E-state index in [9.17, 15) is 0 Å². The Hall–Kier alpha value is -1.36. The fourth-order valence-corrected chi connectivity index (χ4v) is 1.56. The van der Waals surface area contributed by atoms with Gasteiger partial charge in [0.2, 0.25) is 0 Å². The van der Waals surface area contributed by atoms with Crippen LogP contribution in [0.25, 0.3) is 0 Å². The second kappa shape index (κ2) is 4.65. The molecule has 0 bridgehead atoms. The Balaban J connectivity index is 2.19. The van der Waals surface area contributed by atoms with Crippen molar-refractivity contribution in [3.05, 3.63) is 42.5 Å².